The lowest BCUT2D eigenvalue weighted by Crippen LogP contribution is -1.93. The van der Waals surface area contributed by atoms with Crippen LogP contribution in [0, 0.1) is 0 Å². The Morgan fingerprint density at radius 1 is 0.594 bits per heavy atom. The molecule has 0 saturated carbocycles. The van der Waals surface area contributed by atoms with E-state index in [0.29, 0.717) is 0 Å². The third-order valence-corrected chi connectivity index (χ3v) is 5.64. The lowest BCUT2D eigenvalue weighted by Gasteiger charge is -2.02. The van der Waals surface area contributed by atoms with Crippen molar-refractivity contribution < 1.29 is 9.53 Å². The maximum atomic E-state index is 11.7. The van der Waals surface area contributed by atoms with E-state index in [2.05, 4.69) is 54.6 Å². The molecule has 0 heterocycles. The van der Waals surface area contributed by atoms with Crippen molar-refractivity contribution in [2.75, 3.05) is 0 Å². The molecular weight excluding hydrogens is 392 g/mol. The maximum Gasteiger partial charge on any atom is 0.335 e. The van der Waals surface area contributed by atoms with E-state index in [4.69, 9.17) is 4.74 Å². The highest BCUT2D eigenvalue weighted by Gasteiger charge is 1.96. The molecular formula is C30H40O2. The third kappa shape index (κ3) is 13.6. The van der Waals surface area contributed by atoms with Crippen LogP contribution in [-0.4, -0.2) is 5.97 Å². The van der Waals surface area contributed by atoms with Crippen molar-refractivity contribution in [3.8, 4) is 0 Å². The van der Waals surface area contributed by atoms with E-state index >= 15 is 0 Å². The highest BCUT2D eigenvalue weighted by molar-refractivity contribution is 5.82. The lowest BCUT2D eigenvalue weighted by molar-refractivity contribution is -0.132. The Morgan fingerprint density at radius 3 is 1.69 bits per heavy atom. The highest BCUT2D eigenvalue weighted by atomic mass is 16.5. The van der Waals surface area contributed by atoms with E-state index in [1.54, 1.807) is 6.08 Å². The number of allylic oxidation sites excluding steroid dienone is 2. The Morgan fingerprint density at radius 2 is 1.06 bits per heavy atom. The molecule has 0 saturated heterocycles. The molecule has 0 aromatic heterocycles. The number of esters is 1. The SMILES string of the molecule is O=C(C=CCCCCCCCCCc1ccccc1)OC=CCCCCc1ccccc1. The fourth-order valence-electron chi connectivity index (χ4n) is 3.76. The van der Waals surface area contributed by atoms with Crippen molar-refractivity contribution >= 4 is 5.97 Å². The summed E-state index contributed by atoms with van der Waals surface area (Å²) in [6.45, 7) is 0. The summed E-state index contributed by atoms with van der Waals surface area (Å²) in [5.41, 5.74) is 2.83. The van der Waals surface area contributed by atoms with Gasteiger partial charge in [-0.1, -0.05) is 98.8 Å². The standard InChI is InChI=1S/C30H40O2/c31-30(32-27-19-9-8-13-21-29-24-16-11-17-25-29)26-18-7-5-3-1-2-4-6-12-20-28-22-14-10-15-23-28/h10-11,14-19,22-27H,1-9,12-13,20-21H2. The molecule has 2 aromatic rings. The molecule has 2 heteroatoms. The van der Waals surface area contributed by atoms with Crippen LogP contribution in [0.3, 0.4) is 0 Å². The third-order valence-electron chi connectivity index (χ3n) is 5.64. The summed E-state index contributed by atoms with van der Waals surface area (Å²) in [6, 6.07) is 21.3. The maximum absolute atomic E-state index is 11.7. The van der Waals surface area contributed by atoms with Gasteiger partial charge in [0.05, 0.1) is 6.26 Å². The van der Waals surface area contributed by atoms with Crippen molar-refractivity contribution in [1.82, 2.24) is 0 Å². The van der Waals surface area contributed by atoms with Gasteiger partial charge in [0.2, 0.25) is 0 Å². The van der Waals surface area contributed by atoms with E-state index in [-0.39, 0.29) is 5.97 Å². The van der Waals surface area contributed by atoms with Crippen LogP contribution in [0.4, 0.5) is 0 Å². The Kier molecular flexibility index (Phi) is 14.4. The number of hydrogen-bond acceptors (Lipinski definition) is 2. The summed E-state index contributed by atoms with van der Waals surface area (Å²) < 4.78 is 5.12. The quantitative estimate of drug-likeness (QED) is 0.109. The van der Waals surface area contributed by atoms with E-state index < -0.39 is 0 Å². The summed E-state index contributed by atoms with van der Waals surface area (Å²) >= 11 is 0. The Labute approximate surface area is 195 Å². The molecule has 0 aliphatic heterocycles. The molecule has 0 unspecified atom stereocenters. The van der Waals surface area contributed by atoms with Gasteiger partial charge in [0.15, 0.2) is 0 Å². The fraction of sp³-hybridized carbons (Fsp3) is 0.433. The van der Waals surface area contributed by atoms with Crippen LogP contribution in [0.1, 0.15) is 81.8 Å². The first-order chi connectivity index (χ1) is 15.8. The predicted octanol–water partition coefficient (Wildman–Crippen LogP) is 8.38. The minimum absolute atomic E-state index is 0.274. The van der Waals surface area contributed by atoms with Crippen LogP contribution < -0.4 is 0 Å². The Bertz CT molecular complexity index is 762. The lowest BCUT2D eigenvalue weighted by atomic mass is 10.0. The van der Waals surface area contributed by atoms with Gasteiger partial charge in [0, 0.05) is 6.08 Å². The summed E-state index contributed by atoms with van der Waals surface area (Å²) in [7, 11) is 0. The van der Waals surface area contributed by atoms with E-state index in [1.807, 2.05) is 18.2 Å². The van der Waals surface area contributed by atoms with Crippen LogP contribution >= 0.6 is 0 Å². The monoisotopic (exact) mass is 432 g/mol. The Hall–Kier alpha value is -2.61. The number of hydrogen-bond donors (Lipinski definition) is 0. The topological polar surface area (TPSA) is 26.3 Å². The molecule has 0 amide bonds. The van der Waals surface area contributed by atoms with Gasteiger partial charge >= 0.3 is 5.97 Å². The normalized spacial score (nSPS) is 11.4. The molecule has 2 nitrogen and oxygen atoms in total. The van der Waals surface area contributed by atoms with Crippen molar-refractivity contribution in [3.05, 3.63) is 96.3 Å². The number of benzene rings is 2. The summed E-state index contributed by atoms with van der Waals surface area (Å²) in [6.07, 6.45) is 22.3. The minimum atomic E-state index is -0.274. The second-order valence-corrected chi connectivity index (χ2v) is 8.44. The molecule has 0 aliphatic rings. The molecule has 0 atom stereocenters. The van der Waals surface area contributed by atoms with Crippen LogP contribution in [0.2, 0.25) is 0 Å². The van der Waals surface area contributed by atoms with Crippen molar-refractivity contribution in [2.24, 2.45) is 0 Å². The molecule has 172 valence electrons. The van der Waals surface area contributed by atoms with Crippen molar-refractivity contribution in [2.45, 2.75) is 83.5 Å². The Balaban J connectivity index is 1.34. The molecule has 32 heavy (non-hydrogen) atoms. The zero-order valence-electron chi connectivity index (χ0n) is 19.6. The number of carbonyl (C=O) groups excluding carboxylic acids is 1. The zero-order chi connectivity index (χ0) is 22.5. The molecule has 0 bridgehead atoms. The van der Waals surface area contributed by atoms with Gasteiger partial charge in [0.25, 0.3) is 0 Å². The van der Waals surface area contributed by atoms with Crippen LogP contribution in [0.25, 0.3) is 0 Å². The van der Waals surface area contributed by atoms with Gasteiger partial charge in [0.1, 0.15) is 0 Å². The molecule has 0 N–H and O–H groups in total. The van der Waals surface area contributed by atoms with Crippen LogP contribution in [0.15, 0.2) is 85.2 Å². The van der Waals surface area contributed by atoms with Gasteiger partial charge in [-0.3, -0.25) is 0 Å². The molecule has 2 aromatic carbocycles. The molecule has 0 aliphatic carbocycles. The first-order valence-electron chi connectivity index (χ1n) is 12.4. The fourth-order valence-corrected chi connectivity index (χ4v) is 3.76. The average Bonchev–Trinajstić information content (AvgIpc) is 2.83. The van der Waals surface area contributed by atoms with Crippen LogP contribution in [-0.2, 0) is 22.4 Å². The van der Waals surface area contributed by atoms with Gasteiger partial charge in [-0.2, -0.15) is 0 Å². The van der Waals surface area contributed by atoms with Gasteiger partial charge in [-0.25, -0.2) is 4.79 Å². The van der Waals surface area contributed by atoms with Gasteiger partial charge in [-0.05, 0) is 68.6 Å². The second-order valence-electron chi connectivity index (χ2n) is 8.44. The van der Waals surface area contributed by atoms with Gasteiger partial charge in [-0.15, -0.1) is 0 Å². The van der Waals surface area contributed by atoms with Crippen LogP contribution in [0.5, 0.6) is 0 Å². The molecule has 2 rings (SSSR count). The number of ether oxygens (including phenoxy) is 1. The highest BCUT2D eigenvalue weighted by Crippen LogP contribution is 2.11. The van der Waals surface area contributed by atoms with E-state index in [1.165, 1.54) is 62.3 Å². The molecule has 0 radical (unpaired) electrons. The number of rotatable bonds is 17. The number of carbonyl (C=O) groups is 1. The first kappa shape index (κ1) is 25.6. The predicted molar refractivity (Wildman–Crippen MR) is 135 cm³/mol. The van der Waals surface area contributed by atoms with E-state index in [0.717, 1.165) is 38.5 Å². The number of unbranched alkanes of at least 4 members (excludes halogenated alkanes) is 9. The summed E-state index contributed by atoms with van der Waals surface area (Å²) in [4.78, 5) is 11.7. The average molecular weight is 433 g/mol. The second kappa shape index (κ2) is 18.0. The molecule has 0 spiro atoms. The summed E-state index contributed by atoms with van der Waals surface area (Å²) in [5.74, 6) is -0.274. The van der Waals surface area contributed by atoms with E-state index in [9.17, 15) is 4.79 Å². The summed E-state index contributed by atoms with van der Waals surface area (Å²) in [5, 5.41) is 0. The van der Waals surface area contributed by atoms with Crippen molar-refractivity contribution in [1.29, 1.82) is 0 Å². The molecule has 0 fully saturated rings. The van der Waals surface area contributed by atoms with Gasteiger partial charge < -0.3 is 4.74 Å². The van der Waals surface area contributed by atoms with Crippen molar-refractivity contribution in [3.63, 3.8) is 0 Å². The zero-order valence-corrected chi connectivity index (χ0v) is 19.6. The first-order valence-corrected chi connectivity index (χ1v) is 12.4. The minimum Gasteiger partial charge on any atom is -0.432 e. The largest absolute Gasteiger partial charge is 0.432 e. The smallest absolute Gasteiger partial charge is 0.335 e. The number of aryl methyl sites for hydroxylation is 2.